The van der Waals surface area contributed by atoms with Gasteiger partial charge in [0.15, 0.2) is 12.2 Å². The first kappa shape index (κ1) is 43.5. The molecule has 3 aliphatic heterocycles. The fourth-order valence-electron chi connectivity index (χ4n) is 11.8. The topological polar surface area (TPSA) is 92.9 Å². The van der Waals surface area contributed by atoms with Crippen molar-refractivity contribution in [3.8, 4) is 56.3 Å². The summed E-state index contributed by atoms with van der Waals surface area (Å²) < 4.78 is 11.7. The quantitative estimate of drug-likeness (QED) is 0.135. The Balaban J connectivity index is 1.06. The van der Waals surface area contributed by atoms with Crippen molar-refractivity contribution in [2.75, 3.05) is 0 Å². The number of hydrogen-bond acceptors (Lipinski definition) is 5. The zero-order valence-electron chi connectivity index (χ0n) is 41.2. The van der Waals surface area contributed by atoms with Crippen LogP contribution in [-0.4, -0.2) is 38.3 Å². The van der Waals surface area contributed by atoms with Crippen molar-refractivity contribution in [2.24, 2.45) is 0 Å². The Bertz CT molecular complexity index is 4140. The Hall–Kier alpha value is -9.25. The Labute approximate surface area is 429 Å². The summed E-state index contributed by atoms with van der Waals surface area (Å²) in [6.07, 6.45) is 5.08. The lowest BCUT2D eigenvalue weighted by Gasteiger charge is -2.45. The number of allylic oxidation sites excluding steroid dienone is 1. The molecular formula is C67H48N4O3. The number of hydrogen-bond donors (Lipinski definition) is 2. The third-order valence-corrected chi connectivity index (χ3v) is 15.4. The third kappa shape index (κ3) is 7.16. The SMILES string of the molecule is Cc1ccc(-c2c3nc(c(-c4ccc(C)cc4)c4ccc([nH]4)c(-c4ccc(C)cc4)c4nc(c(-c5ccc(C)cc5)c5ccc2[nH]5)C=C4C#Cc2ccc4c(c2)C2c5ccccc5C4C4OC(=O)OC24)C=C3)cc1. The van der Waals surface area contributed by atoms with Gasteiger partial charge in [-0.3, -0.25) is 0 Å². The fraction of sp³-hybridized carbons (Fsp3) is 0.119. The molecule has 6 heterocycles. The molecule has 4 atom stereocenters. The minimum absolute atomic E-state index is 0.115. The lowest BCUT2D eigenvalue weighted by Crippen LogP contribution is -2.45. The van der Waals surface area contributed by atoms with Crippen molar-refractivity contribution in [1.82, 2.24) is 19.9 Å². The highest BCUT2D eigenvalue weighted by Crippen LogP contribution is 2.56. The number of aromatic amines is 2. The van der Waals surface area contributed by atoms with Crippen molar-refractivity contribution >= 4 is 52.0 Å². The molecule has 2 N–H and O–H groups in total. The van der Waals surface area contributed by atoms with E-state index in [0.29, 0.717) is 0 Å². The van der Waals surface area contributed by atoms with Gasteiger partial charge in [0.05, 0.1) is 40.2 Å². The van der Waals surface area contributed by atoms with Crippen LogP contribution in [0.2, 0.25) is 0 Å². The van der Waals surface area contributed by atoms with E-state index in [0.717, 1.165) is 117 Å². The van der Waals surface area contributed by atoms with Crippen LogP contribution >= 0.6 is 0 Å². The second-order valence-corrected chi connectivity index (χ2v) is 20.2. The van der Waals surface area contributed by atoms with Gasteiger partial charge in [-0.1, -0.05) is 161 Å². The molecule has 1 saturated heterocycles. The number of nitrogens with one attached hydrogen (secondary N) is 2. The summed E-state index contributed by atoms with van der Waals surface area (Å²) in [6, 6.07) is 58.3. The first-order valence-electron chi connectivity index (χ1n) is 25.3. The molecule has 0 radical (unpaired) electrons. The van der Waals surface area contributed by atoms with Crippen molar-refractivity contribution < 1.29 is 14.3 Å². The first-order valence-corrected chi connectivity index (χ1v) is 25.3. The van der Waals surface area contributed by atoms with Crippen LogP contribution in [0.25, 0.3) is 90.4 Å². The summed E-state index contributed by atoms with van der Waals surface area (Å²) in [4.78, 5) is 31.8. The molecule has 0 spiro atoms. The van der Waals surface area contributed by atoms with E-state index in [-0.39, 0.29) is 17.9 Å². The highest BCUT2D eigenvalue weighted by Gasteiger charge is 2.57. The average Bonchev–Trinajstić information content (AvgIpc) is 4.29. The van der Waals surface area contributed by atoms with Crippen LogP contribution in [-0.2, 0) is 9.47 Å². The number of carbonyl (C=O) groups is 1. The molecule has 6 aliphatic rings. The maximum absolute atomic E-state index is 12.7. The normalized spacial score (nSPS) is 17.6. The number of benzene rings is 6. The minimum Gasteiger partial charge on any atom is -0.426 e. The number of ether oxygens (including phenoxy) is 2. The van der Waals surface area contributed by atoms with Gasteiger partial charge >= 0.3 is 6.16 Å². The van der Waals surface area contributed by atoms with Crippen molar-refractivity contribution in [2.45, 2.75) is 51.7 Å². The maximum atomic E-state index is 12.7. The van der Waals surface area contributed by atoms with E-state index in [2.05, 4.69) is 232 Å². The number of aromatic nitrogens is 4. The number of rotatable bonds is 4. The predicted octanol–water partition coefficient (Wildman–Crippen LogP) is 15.5. The monoisotopic (exact) mass is 956 g/mol. The van der Waals surface area contributed by atoms with Gasteiger partial charge in [0.25, 0.3) is 0 Å². The van der Waals surface area contributed by atoms with Crippen molar-refractivity contribution in [1.29, 1.82) is 0 Å². The van der Waals surface area contributed by atoms with Crippen LogP contribution in [0.15, 0.2) is 164 Å². The van der Waals surface area contributed by atoms with Gasteiger partial charge < -0.3 is 19.4 Å². The van der Waals surface area contributed by atoms with Crippen LogP contribution in [0.3, 0.4) is 0 Å². The molecule has 15 rings (SSSR count). The van der Waals surface area contributed by atoms with Gasteiger partial charge in [0.2, 0.25) is 0 Å². The van der Waals surface area contributed by atoms with Crippen molar-refractivity contribution in [3.05, 3.63) is 237 Å². The maximum Gasteiger partial charge on any atom is 0.509 e. The van der Waals surface area contributed by atoms with Crippen LogP contribution < -0.4 is 0 Å². The number of carbonyl (C=O) groups excluding carboxylic acids is 1. The van der Waals surface area contributed by atoms with Crippen LogP contribution in [0.5, 0.6) is 0 Å². The van der Waals surface area contributed by atoms with E-state index in [1.807, 2.05) is 0 Å². The van der Waals surface area contributed by atoms with E-state index in [1.54, 1.807) is 0 Å². The molecule has 7 nitrogen and oxygen atoms in total. The Morgan fingerprint density at radius 2 is 0.851 bits per heavy atom. The largest absolute Gasteiger partial charge is 0.509 e. The molecule has 3 aliphatic carbocycles. The molecule has 10 bridgehead atoms. The van der Waals surface area contributed by atoms with E-state index in [1.165, 1.54) is 27.8 Å². The highest BCUT2D eigenvalue weighted by atomic mass is 16.8. The molecule has 7 heteroatoms. The summed E-state index contributed by atoms with van der Waals surface area (Å²) in [6.45, 7) is 8.46. The van der Waals surface area contributed by atoms with Crippen molar-refractivity contribution in [3.63, 3.8) is 0 Å². The number of nitrogens with zero attached hydrogens (tertiary/aromatic N) is 2. The summed E-state index contributed by atoms with van der Waals surface area (Å²) in [5, 5.41) is 0. The Morgan fingerprint density at radius 1 is 0.432 bits per heavy atom. The number of fused-ring (bicyclic) bond motifs is 8. The van der Waals surface area contributed by atoms with Gasteiger partial charge in [-0.2, -0.15) is 0 Å². The van der Waals surface area contributed by atoms with Crippen LogP contribution in [0.1, 0.15) is 84.7 Å². The molecule has 1 fully saturated rings. The van der Waals surface area contributed by atoms with E-state index >= 15 is 0 Å². The Kier molecular flexibility index (Phi) is 9.96. The van der Waals surface area contributed by atoms with Gasteiger partial charge in [0.1, 0.15) is 0 Å². The highest BCUT2D eigenvalue weighted by molar-refractivity contribution is 6.05. The smallest absolute Gasteiger partial charge is 0.426 e. The van der Waals surface area contributed by atoms with Gasteiger partial charge in [-0.25, -0.2) is 14.8 Å². The van der Waals surface area contributed by atoms with Gasteiger partial charge in [-0.15, -0.1) is 0 Å². The molecule has 9 aromatic rings. The molecule has 6 aromatic carbocycles. The second-order valence-electron chi connectivity index (χ2n) is 20.2. The Morgan fingerprint density at radius 3 is 1.34 bits per heavy atom. The second kappa shape index (κ2) is 16.9. The zero-order valence-corrected chi connectivity index (χ0v) is 41.2. The summed E-state index contributed by atoms with van der Waals surface area (Å²) in [5.41, 5.74) is 26.0. The van der Waals surface area contributed by atoms with E-state index in [4.69, 9.17) is 19.4 Å². The van der Waals surface area contributed by atoms with E-state index in [9.17, 15) is 4.79 Å². The van der Waals surface area contributed by atoms with Gasteiger partial charge in [0, 0.05) is 49.9 Å². The summed E-state index contributed by atoms with van der Waals surface area (Å²) >= 11 is 0. The summed E-state index contributed by atoms with van der Waals surface area (Å²) in [5.74, 6) is 7.06. The first-order chi connectivity index (χ1) is 36.2. The van der Waals surface area contributed by atoms with Crippen LogP contribution in [0, 0.1) is 39.5 Å². The molecule has 74 heavy (non-hydrogen) atoms. The molecule has 354 valence electrons. The average molecular weight is 957 g/mol. The fourth-order valence-corrected chi connectivity index (χ4v) is 11.8. The van der Waals surface area contributed by atoms with E-state index < -0.39 is 12.3 Å². The standard InChI is InChI=1S/C67H48N4O3/c1-37-9-19-42(20-10-37)58-51-29-30-52(68-51)59(43-21-11-38(2)12-22-43)54-33-34-56(70-54)61(45-25-15-40(4)16-26-45)64-46(36-57(71-64)60(55-32-31-53(58)69-55)44-23-13-39(3)14-24-44)27-17-41-18-28-49-50(35-41)63-48-8-6-5-7-47(48)62(49)65-66(63)74-67(72)73-65/h5-16,18-26,28-36,62-63,65-66,69-70H,1-4H3. The predicted molar refractivity (Wildman–Crippen MR) is 297 cm³/mol. The minimum atomic E-state index is -0.603. The molecular weight excluding hydrogens is 909 g/mol. The summed E-state index contributed by atoms with van der Waals surface area (Å²) in [7, 11) is 0. The molecule has 3 aromatic heterocycles. The zero-order chi connectivity index (χ0) is 49.8. The molecule has 4 unspecified atom stereocenters. The van der Waals surface area contributed by atoms with Gasteiger partial charge in [-0.05, 0) is 127 Å². The lowest BCUT2D eigenvalue weighted by molar-refractivity contribution is 0.103. The number of aryl methyl sites for hydroxylation is 4. The van der Waals surface area contributed by atoms with Crippen LogP contribution in [0.4, 0.5) is 4.79 Å². The third-order valence-electron chi connectivity index (χ3n) is 15.4. The molecule has 0 amide bonds. The number of H-pyrrole nitrogens is 2. The molecule has 0 saturated carbocycles. The lowest BCUT2D eigenvalue weighted by atomic mass is 9.61.